The van der Waals surface area contributed by atoms with E-state index in [0.717, 1.165) is 44.7 Å². The lowest BCUT2D eigenvalue weighted by atomic mass is 10.1. The number of piperazine rings is 1. The van der Waals surface area contributed by atoms with Crippen LogP contribution in [-0.4, -0.2) is 77.5 Å². The number of hydrogen-bond acceptors (Lipinski definition) is 4. The van der Waals surface area contributed by atoms with Crippen molar-refractivity contribution in [1.29, 1.82) is 0 Å². The highest BCUT2D eigenvalue weighted by molar-refractivity contribution is 5.97. The molecule has 1 atom stereocenters. The van der Waals surface area contributed by atoms with Crippen LogP contribution in [0.3, 0.4) is 0 Å². The Morgan fingerprint density at radius 3 is 2.62 bits per heavy atom. The summed E-state index contributed by atoms with van der Waals surface area (Å²) >= 11 is 0. The van der Waals surface area contributed by atoms with Crippen LogP contribution in [0.2, 0.25) is 0 Å². The van der Waals surface area contributed by atoms with Crippen molar-refractivity contribution in [1.82, 2.24) is 14.7 Å². The van der Waals surface area contributed by atoms with E-state index < -0.39 is 12.0 Å². The number of aliphatic carboxylic acids is 1. The summed E-state index contributed by atoms with van der Waals surface area (Å²) in [5.41, 5.74) is 1.70. The lowest BCUT2D eigenvalue weighted by molar-refractivity contribution is -0.141. The van der Waals surface area contributed by atoms with E-state index in [9.17, 15) is 14.7 Å². The zero-order valence-electron chi connectivity index (χ0n) is 14.1. The first kappa shape index (κ1) is 16.9. The number of hydrogen-bond donors (Lipinski definition) is 1. The molecule has 1 aromatic rings. The van der Waals surface area contributed by atoms with E-state index in [1.54, 1.807) is 6.07 Å². The standard InChI is InChI=1S/C18H25N3O3/c1-19-8-10-20(11-9-19)13-14-4-2-5-15(12-14)17(22)21-7-3-6-16(21)18(23)24/h2,4-5,12,16H,3,6-11,13H2,1H3,(H,23,24)/t16-/m0/s1. The number of rotatable bonds is 4. The monoisotopic (exact) mass is 331 g/mol. The first-order valence-corrected chi connectivity index (χ1v) is 8.58. The molecule has 0 radical (unpaired) electrons. The van der Waals surface area contributed by atoms with E-state index in [4.69, 9.17) is 0 Å². The summed E-state index contributed by atoms with van der Waals surface area (Å²) in [5, 5.41) is 9.27. The Bertz CT molecular complexity index is 611. The second kappa shape index (κ2) is 7.32. The van der Waals surface area contributed by atoms with Crippen molar-refractivity contribution in [2.75, 3.05) is 39.8 Å². The Labute approximate surface area is 142 Å². The molecule has 3 rings (SSSR count). The van der Waals surface area contributed by atoms with Crippen LogP contribution in [0.1, 0.15) is 28.8 Å². The molecule has 0 saturated carbocycles. The summed E-state index contributed by atoms with van der Waals surface area (Å²) in [6, 6.07) is 6.95. The van der Waals surface area contributed by atoms with Crippen LogP contribution < -0.4 is 0 Å². The summed E-state index contributed by atoms with van der Waals surface area (Å²) in [6.45, 7) is 5.54. The van der Waals surface area contributed by atoms with E-state index in [0.29, 0.717) is 18.5 Å². The summed E-state index contributed by atoms with van der Waals surface area (Å²) in [4.78, 5) is 30.2. The molecule has 0 spiro atoms. The third-order valence-corrected chi connectivity index (χ3v) is 4.97. The van der Waals surface area contributed by atoms with Gasteiger partial charge in [0.25, 0.3) is 5.91 Å². The number of benzene rings is 1. The summed E-state index contributed by atoms with van der Waals surface area (Å²) in [5.74, 6) is -1.07. The highest BCUT2D eigenvalue weighted by Crippen LogP contribution is 2.21. The van der Waals surface area contributed by atoms with Crippen molar-refractivity contribution in [3.63, 3.8) is 0 Å². The molecule has 6 heteroatoms. The number of carbonyl (C=O) groups is 2. The third-order valence-electron chi connectivity index (χ3n) is 4.97. The largest absolute Gasteiger partial charge is 0.480 e. The molecule has 0 aliphatic carbocycles. The van der Waals surface area contributed by atoms with E-state index >= 15 is 0 Å². The molecular weight excluding hydrogens is 306 g/mol. The van der Waals surface area contributed by atoms with Gasteiger partial charge in [0.2, 0.25) is 0 Å². The fourth-order valence-electron chi connectivity index (χ4n) is 3.50. The predicted molar refractivity (Wildman–Crippen MR) is 90.9 cm³/mol. The van der Waals surface area contributed by atoms with Gasteiger partial charge < -0.3 is 14.9 Å². The fourth-order valence-corrected chi connectivity index (χ4v) is 3.50. The molecule has 0 unspecified atom stereocenters. The van der Waals surface area contributed by atoms with Crippen molar-refractivity contribution < 1.29 is 14.7 Å². The van der Waals surface area contributed by atoms with Crippen LogP contribution in [-0.2, 0) is 11.3 Å². The Morgan fingerprint density at radius 2 is 1.92 bits per heavy atom. The van der Waals surface area contributed by atoms with Crippen LogP contribution in [0.25, 0.3) is 0 Å². The Hall–Kier alpha value is -1.92. The van der Waals surface area contributed by atoms with Gasteiger partial charge in [0.05, 0.1) is 0 Å². The molecule has 0 aromatic heterocycles. The lowest BCUT2D eigenvalue weighted by Gasteiger charge is -2.32. The fraction of sp³-hybridized carbons (Fsp3) is 0.556. The molecule has 1 amide bonds. The summed E-state index contributed by atoms with van der Waals surface area (Å²) in [6.07, 6.45) is 1.30. The first-order chi connectivity index (χ1) is 11.5. The highest BCUT2D eigenvalue weighted by atomic mass is 16.4. The van der Waals surface area contributed by atoms with Crippen molar-refractivity contribution >= 4 is 11.9 Å². The minimum absolute atomic E-state index is 0.167. The second-order valence-electron chi connectivity index (χ2n) is 6.77. The maximum absolute atomic E-state index is 12.7. The Kier molecular flexibility index (Phi) is 5.16. The number of carboxylic acid groups (broad SMARTS) is 1. The predicted octanol–water partition coefficient (Wildman–Crippen LogP) is 1.12. The highest BCUT2D eigenvalue weighted by Gasteiger charge is 2.34. The van der Waals surface area contributed by atoms with Gasteiger partial charge in [0.15, 0.2) is 0 Å². The Balaban J connectivity index is 1.68. The molecule has 2 aliphatic rings. The van der Waals surface area contributed by atoms with Gasteiger partial charge in [-0.2, -0.15) is 0 Å². The van der Waals surface area contributed by atoms with Gasteiger partial charge in [-0.3, -0.25) is 9.69 Å². The third kappa shape index (κ3) is 3.76. The molecule has 24 heavy (non-hydrogen) atoms. The van der Waals surface area contributed by atoms with Crippen molar-refractivity contribution in [3.05, 3.63) is 35.4 Å². The minimum Gasteiger partial charge on any atom is -0.480 e. The van der Waals surface area contributed by atoms with Gasteiger partial charge in [-0.15, -0.1) is 0 Å². The number of carboxylic acids is 1. The van der Waals surface area contributed by atoms with Gasteiger partial charge in [-0.25, -0.2) is 4.79 Å². The van der Waals surface area contributed by atoms with Crippen molar-refractivity contribution in [3.8, 4) is 0 Å². The SMILES string of the molecule is CN1CCN(Cc2cccc(C(=O)N3CCC[C@H]3C(=O)O)c2)CC1. The number of likely N-dealkylation sites (tertiary alicyclic amines) is 1. The van der Waals surface area contributed by atoms with Crippen LogP contribution >= 0.6 is 0 Å². The number of amides is 1. The van der Waals surface area contributed by atoms with Crippen LogP contribution in [0.15, 0.2) is 24.3 Å². The van der Waals surface area contributed by atoms with E-state index in [-0.39, 0.29) is 5.91 Å². The molecular formula is C18H25N3O3. The van der Waals surface area contributed by atoms with E-state index in [2.05, 4.69) is 16.8 Å². The van der Waals surface area contributed by atoms with Crippen LogP contribution in [0, 0.1) is 0 Å². The topological polar surface area (TPSA) is 64.1 Å². The van der Waals surface area contributed by atoms with Gasteiger partial charge >= 0.3 is 5.97 Å². The molecule has 2 aliphatic heterocycles. The van der Waals surface area contributed by atoms with Crippen LogP contribution in [0.5, 0.6) is 0 Å². The zero-order valence-corrected chi connectivity index (χ0v) is 14.1. The quantitative estimate of drug-likeness (QED) is 0.896. The van der Waals surface area contributed by atoms with Gasteiger partial charge in [-0.1, -0.05) is 12.1 Å². The normalized spacial score (nSPS) is 22.7. The van der Waals surface area contributed by atoms with Crippen molar-refractivity contribution in [2.24, 2.45) is 0 Å². The van der Waals surface area contributed by atoms with Crippen molar-refractivity contribution in [2.45, 2.75) is 25.4 Å². The molecule has 2 saturated heterocycles. The maximum Gasteiger partial charge on any atom is 0.326 e. The molecule has 1 aromatic carbocycles. The van der Waals surface area contributed by atoms with E-state index in [1.807, 2.05) is 18.2 Å². The second-order valence-corrected chi connectivity index (χ2v) is 6.77. The molecule has 130 valence electrons. The summed E-state index contributed by atoms with van der Waals surface area (Å²) in [7, 11) is 2.13. The average Bonchev–Trinajstić information content (AvgIpc) is 3.06. The number of nitrogens with zero attached hydrogens (tertiary/aromatic N) is 3. The lowest BCUT2D eigenvalue weighted by Crippen LogP contribution is -2.44. The average molecular weight is 331 g/mol. The molecule has 2 heterocycles. The van der Waals surface area contributed by atoms with Gasteiger partial charge in [0.1, 0.15) is 6.04 Å². The number of likely N-dealkylation sites (N-methyl/N-ethyl adjacent to an activating group) is 1. The smallest absolute Gasteiger partial charge is 0.326 e. The zero-order chi connectivity index (χ0) is 17.1. The molecule has 0 bridgehead atoms. The summed E-state index contributed by atoms with van der Waals surface area (Å²) < 4.78 is 0. The maximum atomic E-state index is 12.7. The minimum atomic E-state index is -0.908. The molecule has 6 nitrogen and oxygen atoms in total. The number of carbonyl (C=O) groups excluding carboxylic acids is 1. The van der Waals surface area contributed by atoms with Gasteiger partial charge in [0, 0.05) is 44.8 Å². The first-order valence-electron chi connectivity index (χ1n) is 8.58. The van der Waals surface area contributed by atoms with E-state index in [1.165, 1.54) is 4.90 Å². The molecule has 1 N–H and O–H groups in total. The molecule has 2 fully saturated rings. The van der Waals surface area contributed by atoms with Gasteiger partial charge in [-0.05, 0) is 37.6 Å². The Morgan fingerprint density at radius 1 is 1.17 bits per heavy atom. The van der Waals surface area contributed by atoms with Crippen LogP contribution in [0.4, 0.5) is 0 Å².